The summed E-state index contributed by atoms with van der Waals surface area (Å²) in [5.41, 5.74) is 3.48. The minimum atomic E-state index is -1.34. The van der Waals surface area contributed by atoms with E-state index in [2.05, 4.69) is 6.08 Å². The number of fused-ring (bicyclic) bond motifs is 1. The van der Waals surface area contributed by atoms with E-state index in [1.807, 2.05) is 44.2 Å². The van der Waals surface area contributed by atoms with E-state index in [1.165, 1.54) is 14.2 Å². The highest BCUT2D eigenvalue weighted by Crippen LogP contribution is 2.50. The zero-order valence-electron chi connectivity index (χ0n) is 18.7. The molecule has 1 atom stereocenters. The van der Waals surface area contributed by atoms with Gasteiger partial charge in [0.05, 0.1) is 14.2 Å². The van der Waals surface area contributed by atoms with Crippen molar-refractivity contribution in [3.63, 3.8) is 0 Å². The number of allylic oxidation sites excluding steroid dienone is 5. The number of esters is 2. The van der Waals surface area contributed by atoms with Crippen molar-refractivity contribution in [2.24, 2.45) is 11.3 Å². The lowest BCUT2D eigenvalue weighted by molar-refractivity contribution is -0.168. The first kappa shape index (κ1) is 22.5. The second kappa shape index (κ2) is 8.92. The van der Waals surface area contributed by atoms with E-state index in [1.54, 1.807) is 18.0 Å². The molecule has 3 rings (SSSR count). The lowest BCUT2D eigenvalue weighted by Gasteiger charge is -2.22. The molecule has 0 spiro atoms. The molecule has 1 unspecified atom stereocenters. The number of ether oxygens (including phenoxy) is 2. The molecule has 2 aliphatic carbocycles. The highest BCUT2D eigenvalue weighted by atomic mass is 16.5. The summed E-state index contributed by atoms with van der Waals surface area (Å²) in [5.74, 6) is -1.25. The van der Waals surface area contributed by atoms with Crippen LogP contribution in [0.2, 0.25) is 0 Å². The average Bonchev–Trinajstić information content (AvgIpc) is 3.13. The van der Waals surface area contributed by atoms with Gasteiger partial charge in [0.1, 0.15) is 0 Å². The first-order chi connectivity index (χ1) is 14.7. The first-order valence-electron chi connectivity index (χ1n) is 10.3. The molecule has 0 N–H and O–H groups in total. The summed E-state index contributed by atoms with van der Waals surface area (Å²) >= 11 is 0. The summed E-state index contributed by atoms with van der Waals surface area (Å²) in [6, 6.07) is 9.50. The Hall–Kier alpha value is -3.15. The predicted octanol–water partition coefficient (Wildman–Crippen LogP) is 3.98. The van der Waals surface area contributed by atoms with Gasteiger partial charge in [-0.05, 0) is 55.4 Å². The number of nitrogens with zero attached hydrogens (tertiary/aromatic N) is 1. The second-order valence-electron chi connectivity index (χ2n) is 8.29. The van der Waals surface area contributed by atoms with Gasteiger partial charge in [-0.2, -0.15) is 0 Å². The molecule has 1 aromatic rings. The van der Waals surface area contributed by atoms with Crippen LogP contribution in [0, 0.1) is 11.3 Å². The smallest absolute Gasteiger partial charge is 0.323 e. The highest BCUT2D eigenvalue weighted by Gasteiger charge is 2.54. The van der Waals surface area contributed by atoms with Gasteiger partial charge in [-0.15, -0.1) is 0 Å². The Bertz CT molecular complexity index is 970. The number of likely N-dealkylation sites (N-methyl/N-ethyl adjacent to an activating group) is 1. The van der Waals surface area contributed by atoms with Crippen LogP contribution < -0.4 is 4.90 Å². The Kier molecular flexibility index (Phi) is 6.48. The maximum atomic E-state index is 12.9. The molecule has 2 aliphatic rings. The van der Waals surface area contributed by atoms with Gasteiger partial charge in [-0.3, -0.25) is 14.4 Å². The third kappa shape index (κ3) is 4.20. The van der Waals surface area contributed by atoms with E-state index in [4.69, 9.17) is 9.47 Å². The summed E-state index contributed by atoms with van der Waals surface area (Å²) in [6.45, 7) is 4.02. The zero-order valence-corrected chi connectivity index (χ0v) is 18.7. The SMILES string of the molecule is COC(=O)C1(C(=O)OC)CC2=CC(C)/C(=C\C(=O)N(C)c3ccccc3)CC(C)=C2C1. The zero-order chi connectivity index (χ0) is 22.8. The number of rotatable bonds is 4. The quantitative estimate of drug-likeness (QED) is 0.416. The van der Waals surface area contributed by atoms with E-state index >= 15 is 0 Å². The Morgan fingerprint density at radius 3 is 2.26 bits per heavy atom. The minimum absolute atomic E-state index is 0.0123. The molecule has 0 aliphatic heterocycles. The molecule has 6 heteroatoms. The lowest BCUT2D eigenvalue weighted by Crippen LogP contribution is -2.38. The normalized spacial score (nSPS) is 21.1. The summed E-state index contributed by atoms with van der Waals surface area (Å²) in [7, 11) is 4.33. The molecule has 0 aromatic heterocycles. The number of anilines is 1. The Labute approximate surface area is 183 Å². The van der Waals surface area contributed by atoms with Crippen molar-refractivity contribution >= 4 is 23.5 Å². The van der Waals surface area contributed by atoms with Crippen molar-refractivity contribution in [3.8, 4) is 0 Å². The minimum Gasteiger partial charge on any atom is -0.468 e. The third-order valence-electron chi connectivity index (χ3n) is 6.31. The van der Waals surface area contributed by atoms with Crippen molar-refractivity contribution in [1.82, 2.24) is 0 Å². The van der Waals surface area contributed by atoms with Crippen LogP contribution in [0.15, 0.2) is 64.8 Å². The molecular weight excluding hydrogens is 394 g/mol. The van der Waals surface area contributed by atoms with Gasteiger partial charge in [0.25, 0.3) is 5.91 Å². The molecule has 0 saturated heterocycles. The molecule has 6 nitrogen and oxygen atoms in total. The maximum absolute atomic E-state index is 12.9. The van der Waals surface area contributed by atoms with Gasteiger partial charge in [-0.25, -0.2) is 0 Å². The number of carbonyl (C=O) groups is 3. The van der Waals surface area contributed by atoms with Gasteiger partial charge in [0.2, 0.25) is 0 Å². The number of hydrogen-bond donors (Lipinski definition) is 0. The molecule has 0 radical (unpaired) electrons. The van der Waals surface area contributed by atoms with E-state index in [-0.39, 0.29) is 24.7 Å². The molecule has 1 aromatic carbocycles. The summed E-state index contributed by atoms with van der Waals surface area (Å²) in [6.07, 6.45) is 4.86. The van der Waals surface area contributed by atoms with Crippen LogP contribution in [0.4, 0.5) is 5.69 Å². The fourth-order valence-electron chi connectivity index (χ4n) is 4.46. The van der Waals surface area contributed by atoms with Crippen LogP contribution in [0.1, 0.15) is 33.1 Å². The predicted molar refractivity (Wildman–Crippen MR) is 118 cm³/mol. The van der Waals surface area contributed by atoms with Crippen LogP contribution >= 0.6 is 0 Å². The van der Waals surface area contributed by atoms with Crippen molar-refractivity contribution in [1.29, 1.82) is 0 Å². The van der Waals surface area contributed by atoms with E-state index < -0.39 is 17.4 Å². The number of methoxy groups -OCH3 is 2. The Morgan fingerprint density at radius 2 is 1.68 bits per heavy atom. The van der Waals surface area contributed by atoms with Gasteiger partial charge in [0, 0.05) is 18.8 Å². The van der Waals surface area contributed by atoms with E-state index in [0.717, 1.165) is 28.0 Å². The van der Waals surface area contributed by atoms with Crippen molar-refractivity contribution < 1.29 is 23.9 Å². The Morgan fingerprint density at radius 1 is 1.06 bits per heavy atom. The monoisotopic (exact) mass is 423 g/mol. The van der Waals surface area contributed by atoms with Crippen LogP contribution in [0.5, 0.6) is 0 Å². The number of carbonyl (C=O) groups excluding carboxylic acids is 3. The summed E-state index contributed by atoms with van der Waals surface area (Å²) in [4.78, 5) is 39.6. The molecule has 164 valence electrons. The highest BCUT2D eigenvalue weighted by molar-refractivity contribution is 6.02. The molecule has 0 bridgehead atoms. The van der Waals surface area contributed by atoms with Gasteiger partial charge in [-0.1, -0.05) is 42.3 Å². The molecular formula is C25H29NO5. The second-order valence-corrected chi connectivity index (χ2v) is 8.29. The fourth-order valence-corrected chi connectivity index (χ4v) is 4.46. The van der Waals surface area contributed by atoms with Crippen LogP contribution in [-0.4, -0.2) is 39.1 Å². The molecule has 0 heterocycles. The van der Waals surface area contributed by atoms with Crippen molar-refractivity contribution in [3.05, 3.63) is 64.8 Å². The summed E-state index contributed by atoms with van der Waals surface area (Å²) < 4.78 is 9.90. The van der Waals surface area contributed by atoms with Crippen LogP contribution in [0.3, 0.4) is 0 Å². The topological polar surface area (TPSA) is 72.9 Å². The van der Waals surface area contributed by atoms with Crippen molar-refractivity contribution in [2.45, 2.75) is 33.1 Å². The largest absolute Gasteiger partial charge is 0.468 e. The molecule has 31 heavy (non-hydrogen) atoms. The maximum Gasteiger partial charge on any atom is 0.323 e. The van der Waals surface area contributed by atoms with Crippen molar-refractivity contribution in [2.75, 3.05) is 26.2 Å². The number of hydrogen-bond acceptors (Lipinski definition) is 5. The number of benzene rings is 1. The number of para-hydroxylation sites is 1. The first-order valence-corrected chi connectivity index (χ1v) is 10.3. The molecule has 1 fully saturated rings. The summed E-state index contributed by atoms with van der Waals surface area (Å²) in [5, 5.41) is 0. The molecule has 1 amide bonds. The fraction of sp³-hybridized carbons (Fsp3) is 0.400. The van der Waals surface area contributed by atoms with E-state index in [9.17, 15) is 14.4 Å². The van der Waals surface area contributed by atoms with Gasteiger partial charge in [0.15, 0.2) is 5.41 Å². The standard InChI is InChI=1S/C25H29NO5/c1-16-11-19-14-25(23(28)30-4,24(29)31-5)15-21(19)17(2)12-18(16)13-22(27)26(3)20-9-7-6-8-10-20/h6-11,13,16H,12,14-15H2,1-5H3/b18-13-. The van der Waals surface area contributed by atoms with Crippen LogP contribution in [-0.2, 0) is 23.9 Å². The third-order valence-corrected chi connectivity index (χ3v) is 6.31. The number of amides is 1. The van der Waals surface area contributed by atoms with E-state index in [0.29, 0.717) is 6.42 Å². The average molecular weight is 424 g/mol. The Balaban J connectivity index is 1.91. The molecule has 1 saturated carbocycles. The lowest BCUT2D eigenvalue weighted by atomic mass is 9.84. The van der Waals surface area contributed by atoms with Gasteiger partial charge < -0.3 is 14.4 Å². The van der Waals surface area contributed by atoms with Crippen LogP contribution in [0.25, 0.3) is 0 Å². The van der Waals surface area contributed by atoms with Gasteiger partial charge >= 0.3 is 11.9 Å².